The van der Waals surface area contributed by atoms with Crippen LogP contribution in [0.25, 0.3) is 0 Å². The van der Waals surface area contributed by atoms with E-state index >= 15 is 0 Å². The van der Waals surface area contributed by atoms with E-state index in [1.165, 1.54) is 24.5 Å². The summed E-state index contributed by atoms with van der Waals surface area (Å²) < 4.78 is 0. The SMILES string of the molecule is Cc1ccc(N)c(N2CCCC(CCCNc3cccc(C(=O)O)n3)C2)c1. The van der Waals surface area contributed by atoms with Gasteiger partial charge in [-0.25, -0.2) is 9.78 Å². The van der Waals surface area contributed by atoms with E-state index in [9.17, 15) is 4.79 Å². The molecule has 27 heavy (non-hydrogen) atoms. The highest BCUT2D eigenvalue weighted by molar-refractivity contribution is 5.85. The molecule has 2 aromatic rings. The Kier molecular flexibility index (Phi) is 6.16. The Labute approximate surface area is 160 Å². The standard InChI is InChI=1S/C21H28N4O2/c1-15-9-10-17(22)19(13-15)25-12-4-6-16(14-25)5-3-11-23-20-8-2-7-18(24-20)21(26)27/h2,7-10,13,16H,3-6,11-12,14,22H2,1H3,(H,23,24)(H,26,27). The smallest absolute Gasteiger partial charge is 0.354 e. The van der Waals surface area contributed by atoms with Gasteiger partial charge in [0.1, 0.15) is 5.82 Å². The van der Waals surface area contributed by atoms with E-state index in [0.29, 0.717) is 11.7 Å². The molecule has 1 atom stereocenters. The van der Waals surface area contributed by atoms with Crippen LogP contribution >= 0.6 is 0 Å². The molecule has 1 fully saturated rings. The number of nitrogen functional groups attached to an aromatic ring is 1. The van der Waals surface area contributed by atoms with Crippen molar-refractivity contribution in [2.24, 2.45) is 5.92 Å². The van der Waals surface area contributed by atoms with E-state index in [-0.39, 0.29) is 5.69 Å². The van der Waals surface area contributed by atoms with Gasteiger partial charge in [-0.3, -0.25) is 0 Å². The second-order valence-electron chi connectivity index (χ2n) is 7.30. The highest BCUT2D eigenvalue weighted by atomic mass is 16.4. The van der Waals surface area contributed by atoms with Gasteiger partial charge < -0.3 is 21.1 Å². The van der Waals surface area contributed by atoms with Crippen molar-refractivity contribution in [3.8, 4) is 0 Å². The van der Waals surface area contributed by atoms with Crippen LogP contribution in [0.2, 0.25) is 0 Å². The first-order valence-corrected chi connectivity index (χ1v) is 9.58. The third kappa shape index (κ3) is 5.12. The topological polar surface area (TPSA) is 91.5 Å². The average molecular weight is 368 g/mol. The average Bonchev–Trinajstić information content (AvgIpc) is 2.67. The first-order chi connectivity index (χ1) is 13.0. The number of aryl methyl sites for hydroxylation is 1. The molecule has 3 rings (SSSR count). The molecule has 0 aliphatic carbocycles. The summed E-state index contributed by atoms with van der Waals surface area (Å²) in [5, 5.41) is 12.2. The molecule has 4 N–H and O–H groups in total. The number of carboxylic acid groups (broad SMARTS) is 1. The number of benzene rings is 1. The molecule has 1 aromatic heterocycles. The zero-order chi connectivity index (χ0) is 19.2. The maximum Gasteiger partial charge on any atom is 0.354 e. The molecule has 1 aromatic carbocycles. The molecule has 1 aliphatic heterocycles. The van der Waals surface area contributed by atoms with E-state index in [4.69, 9.17) is 10.8 Å². The maximum atomic E-state index is 11.0. The minimum atomic E-state index is -1.00. The highest BCUT2D eigenvalue weighted by Crippen LogP contribution is 2.30. The molecule has 0 saturated carbocycles. The summed E-state index contributed by atoms with van der Waals surface area (Å²) >= 11 is 0. The molecule has 0 spiro atoms. The lowest BCUT2D eigenvalue weighted by atomic mass is 9.92. The van der Waals surface area contributed by atoms with Crippen molar-refractivity contribution >= 4 is 23.2 Å². The van der Waals surface area contributed by atoms with Gasteiger partial charge in [-0.2, -0.15) is 0 Å². The van der Waals surface area contributed by atoms with E-state index in [1.807, 2.05) is 6.07 Å². The lowest BCUT2D eigenvalue weighted by molar-refractivity contribution is 0.0690. The van der Waals surface area contributed by atoms with Crippen molar-refractivity contribution < 1.29 is 9.90 Å². The predicted octanol–water partition coefficient (Wildman–Crippen LogP) is 3.78. The number of carbonyl (C=O) groups is 1. The first kappa shape index (κ1) is 19.0. The second-order valence-corrected chi connectivity index (χ2v) is 7.30. The summed E-state index contributed by atoms with van der Waals surface area (Å²) in [6, 6.07) is 11.2. The van der Waals surface area contributed by atoms with Crippen molar-refractivity contribution in [2.75, 3.05) is 35.6 Å². The number of piperidine rings is 1. The number of nitrogens with two attached hydrogens (primary N) is 1. The van der Waals surface area contributed by atoms with Crippen LogP contribution in [-0.4, -0.2) is 35.7 Å². The van der Waals surface area contributed by atoms with E-state index in [2.05, 4.69) is 34.3 Å². The van der Waals surface area contributed by atoms with Gasteiger partial charge in [0.05, 0.1) is 11.4 Å². The van der Waals surface area contributed by atoms with Gasteiger partial charge in [-0.15, -0.1) is 0 Å². The van der Waals surface area contributed by atoms with Gasteiger partial charge in [-0.1, -0.05) is 12.1 Å². The first-order valence-electron chi connectivity index (χ1n) is 9.58. The Balaban J connectivity index is 1.48. The zero-order valence-corrected chi connectivity index (χ0v) is 15.8. The Morgan fingerprint density at radius 1 is 1.37 bits per heavy atom. The molecule has 1 saturated heterocycles. The van der Waals surface area contributed by atoms with Gasteiger partial charge in [0.2, 0.25) is 0 Å². The normalized spacial score (nSPS) is 16.9. The van der Waals surface area contributed by atoms with Crippen LogP contribution in [0.5, 0.6) is 0 Å². The van der Waals surface area contributed by atoms with E-state index < -0.39 is 5.97 Å². The summed E-state index contributed by atoms with van der Waals surface area (Å²) in [7, 11) is 0. The predicted molar refractivity (Wildman–Crippen MR) is 109 cm³/mol. The lowest BCUT2D eigenvalue weighted by Gasteiger charge is -2.35. The zero-order valence-electron chi connectivity index (χ0n) is 15.8. The molecule has 2 heterocycles. The second kappa shape index (κ2) is 8.75. The molecule has 0 bridgehead atoms. The summed E-state index contributed by atoms with van der Waals surface area (Å²) in [6.45, 7) is 5.00. The molecule has 6 nitrogen and oxygen atoms in total. The van der Waals surface area contributed by atoms with Crippen LogP contribution in [-0.2, 0) is 0 Å². The number of nitrogens with zero attached hydrogens (tertiary/aromatic N) is 2. The molecule has 144 valence electrons. The van der Waals surface area contributed by atoms with Crippen molar-refractivity contribution in [2.45, 2.75) is 32.6 Å². The molecule has 0 amide bonds. The maximum absolute atomic E-state index is 11.0. The number of aromatic carboxylic acids is 1. The molecule has 1 unspecified atom stereocenters. The third-order valence-electron chi connectivity index (χ3n) is 5.11. The number of anilines is 3. The van der Waals surface area contributed by atoms with Gasteiger partial charge in [0, 0.05) is 19.6 Å². The van der Waals surface area contributed by atoms with Crippen molar-refractivity contribution in [3.63, 3.8) is 0 Å². The molecule has 0 radical (unpaired) electrons. The number of pyridine rings is 1. The summed E-state index contributed by atoms with van der Waals surface area (Å²) in [4.78, 5) is 17.5. The van der Waals surface area contributed by atoms with E-state index in [0.717, 1.165) is 43.9 Å². The number of carboxylic acids is 1. The minimum Gasteiger partial charge on any atom is -0.477 e. The summed E-state index contributed by atoms with van der Waals surface area (Å²) in [5.41, 5.74) is 9.50. The number of rotatable bonds is 7. The van der Waals surface area contributed by atoms with E-state index in [1.54, 1.807) is 12.1 Å². The largest absolute Gasteiger partial charge is 0.477 e. The Morgan fingerprint density at radius 2 is 2.22 bits per heavy atom. The van der Waals surface area contributed by atoms with Crippen molar-refractivity contribution in [1.82, 2.24) is 4.98 Å². The van der Waals surface area contributed by atoms with Crippen LogP contribution in [0, 0.1) is 12.8 Å². The fourth-order valence-corrected chi connectivity index (χ4v) is 3.71. The number of hydrogen-bond donors (Lipinski definition) is 3. The fourth-order valence-electron chi connectivity index (χ4n) is 3.71. The molecular formula is C21H28N4O2. The van der Waals surface area contributed by atoms with Crippen LogP contribution in [0.3, 0.4) is 0 Å². The van der Waals surface area contributed by atoms with Gasteiger partial charge in [0.15, 0.2) is 5.69 Å². The van der Waals surface area contributed by atoms with Crippen LogP contribution in [0.15, 0.2) is 36.4 Å². The Morgan fingerprint density at radius 3 is 3.04 bits per heavy atom. The minimum absolute atomic E-state index is 0.0682. The highest BCUT2D eigenvalue weighted by Gasteiger charge is 2.21. The quantitative estimate of drug-likeness (QED) is 0.509. The van der Waals surface area contributed by atoms with Gasteiger partial charge in [0.25, 0.3) is 0 Å². The molecular weight excluding hydrogens is 340 g/mol. The molecule has 6 heteroatoms. The van der Waals surface area contributed by atoms with Crippen LogP contribution in [0.1, 0.15) is 41.7 Å². The fraction of sp³-hybridized carbons (Fsp3) is 0.429. The van der Waals surface area contributed by atoms with Crippen LogP contribution in [0.4, 0.5) is 17.2 Å². The number of hydrogen-bond acceptors (Lipinski definition) is 5. The van der Waals surface area contributed by atoms with Crippen molar-refractivity contribution in [3.05, 3.63) is 47.7 Å². The summed E-state index contributed by atoms with van der Waals surface area (Å²) in [6.07, 6.45) is 4.59. The van der Waals surface area contributed by atoms with Crippen LogP contribution < -0.4 is 16.0 Å². The summed E-state index contributed by atoms with van der Waals surface area (Å²) in [5.74, 6) is 0.267. The van der Waals surface area contributed by atoms with Gasteiger partial charge in [-0.05, 0) is 68.4 Å². The van der Waals surface area contributed by atoms with Crippen molar-refractivity contribution in [1.29, 1.82) is 0 Å². The molecule has 1 aliphatic rings. The Bertz CT molecular complexity index is 794. The Hall–Kier alpha value is -2.76. The van der Waals surface area contributed by atoms with Gasteiger partial charge >= 0.3 is 5.97 Å². The number of aromatic nitrogens is 1. The monoisotopic (exact) mass is 368 g/mol. The third-order valence-corrected chi connectivity index (χ3v) is 5.11. The number of nitrogens with one attached hydrogen (secondary N) is 1. The lowest BCUT2D eigenvalue weighted by Crippen LogP contribution is -2.36.